The van der Waals surface area contributed by atoms with Gasteiger partial charge >= 0.3 is 6.01 Å². The van der Waals surface area contributed by atoms with Crippen molar-refractivity contribution >= 4 is 6.01 Å². The Morgan fingerprint density at radius 2 is 2.42 bits per heavy atom. The number of hydrogen-bond acceptors (Lipinski definition) is 4. The minimum Gasteiger partial charge on any atom is -0.334 e. The normalized spacial score (nSPS) is 9.83. The van der Waals surface area contributed by atoms with E-state index in [0.29, 0.717) is 18.4 Å². The summed E-state index contributed by atoms with van der Waals surface area (Å²) in [4.78, 5) is 3.99. The summed E-state index contributed by atoms with van der Waals surface area (Å²) < 4.78 is 4.85. The second-order valence-corrected chi connectivity index (χ2v) is 2.60. The molecule has 1 aromatic heterocycles. The Kier molecular flexibility index (Phi) is 2.85. The van der Waals surface area contributed by atoms with E-state index >= 15 is 0 Å². The molecule has 1 aromatic rings. The quantitative estimate of drug-likeness (QED) is 0.694. The minimum absolute atomic E-state index is 0.460. The molecule has 1 N–H and O–H groups in total. The molecule has 0 saturated heterocycles. The van der Waals surface area contributed by atoms with Gasteiger partial charge in [0.1, 0.15) is 0 Å². The Balaban J connectivity index is 2.38. The van der Waals surface area contributed by atoms with Crippen LogP contribution in [0, 0.1) is 6.92 Å². The van der Waals surface area contributed by atoms with Crippen molar-refractivity contribution in [2.75, 3.05) is 11.9 Å². The highest BCUT2D eigenvalue weighted by Gasteiger charge is 2.00. The summed E-state index contributed by atoms with van der Waals surface area (Å²) in [6, 6.07) is 0.460. The maximum Gasteiger partial charge on any atom is 0.321 e. The number of rotatable bonds is 4. The van der Waals surface area contributed by atoms with Crippen LogP contribution in [0.2, 0.25) is 0 Å². The van der Waals surface area contributed by atoms with Crippen LogP contribution >= 0.6 is 0 Å². The third-order valence-corrected chi connectivity index (χ3v) is 1.52. The van der Waals surface area contributed by atoms with Gasteiger partial charge in [-0.15, -0.1) is 0 Å². The number of hydrogen-bond donors (Lipinski definition) is 1. The van der Waals surface area contributed by atoms with Gasteiger partial charge in [0.2, 0.25) is 0 Å². The van der Waals surface area contributed by atoms with Gasteiger partial charge in [-0.3, -0.25) is 0 Å². The van der Waals surface area contributed by atoms with Crippen molar-refractivity contribution in [1.29, 1.82) is 0 Å². The summed E-state index contributed by atoms with van der Waals surface area (Å²) in [5.41, 5.74) is 1.12. The molecule has 12 heavy (non-hydrogen) atoms. The number of anilines is 1. The van der Waals surface area contributed by atoms with Crippen LogP contribution in [-0.4, -0.2) is 16.7 Å². The van der Waals surface area contributed by atoms with E-state index in [2.05, 4.69) is 29.0 Å². The maximum absolute atomic E-state index is 4.85. The van der Waals surface area contributed by atoms with Gasteiger partial charge in [0.05, 0.1) is 0 Å². The van der Waals surface area contributed by atoms with Crippen molar-refractivity contribution in [3.05, 3.63) is 18.0 Å². The number of nitrogens with one attached hydrogen (secondary N) is 1. The van der Waals surface area contributed by atoms with E-state index in [4.69, 9.17) is 4.52 Å². The van der Waals surface area contributed by atoms with E-state index in [9.17, 15) is 0 Å². The molecular weight excluding hydrogens is 154 g/mol. The van der Waals surface area contributed by atoms with Crippen molar-refractivity contribution in [2.45, 2.75) is 20.3 Å². The predicted molar refractivity (Wildman–Crippen MR) is 47.0 cm³/mol. The van der Waals surface area contributed by atoms with E-state index in [0.717, 1.165) is 12.0 Å². The fourth-order valence-corrected chi connectivity index (χ4v) is 0.694. The minimum atomic E-state index is 0.460. The molecule has 0 aromatic carbocycles. The first-order chi connectivity index (χ1) is 5.72. The lowest BCUT2D eigenvalue weighted by molar-refractivity contribution is 0.426. The van der Waals surface area contributed by atoms with Gasteiger partial charge < -0.3 is 9.84 Å². The molecule has 4 heteroatoms. The third kappa shape index (κ3) is 2.38. The van der Waals surface area contributed by atoms with Gasteiger partial charge in [0.25, 0.3) is 0 Å². The molecule has 66 valence electrons. The van der Waals surface area contributed by atoms with Crippen LogP contribution in [0.4, 0.5) is 6.01 Å². The Bertz CT molecular complexity index is 267. The van der Waals surface area contributed by atoms with E-state index in [1.165, 1.54) is 0 Å². The van der Waals surface area contributed by atoms with Gasteiger partial charge in [0, 0.05) is 6.54 Å². The zero-order valence-corrected chi connectivity index (χ0v) is 7.42. The molecule has 0 unspecified atom stereocenters. The fraction of sp³-hybridized carbons (Fsp3) is 0.500. The summed E-state index contributed by atoms with van der Waals surface area (Å²) in [7, 11) is 0. The molecule has 1 rings (SSSR count). The Labute approximate surface area is 71.7 Å². The molecule has 0 fully saturated rings. The van der Waals surface area contributed by atoms with E-state index in [-0.39, 0.29) is 0 Å². The molecule has 0 aliphatic heterocycles. The van der Waals surface area contributed by atoms with E-state index in [1.807, 2.05) is 0 Å². The summed E-state index contributed by atoms with van der Waals surface area (Å²) in [5.74, 6) is 0.639. The molecule has 0 aliphatic rings. The van der Waals surface area contributed by atoms with Crippen LogP contribution in [0.3, 0.4) is 0 Å². The predicted octanol–water partition coefficient (Wildman–Crippen LogP) is 1.76. The smallest absolute Gasteiger partial charge is 0.321 e. The number of nitrogens with zero attached hydrogens (tertiary/aromatic N) is 2. The summed E-state index contributed by atoms with van der Waals surface area (Å²) in [5, 5.41) is 6.62. The molecule has 0 saturated carbocycles. The second kappa shape index (κ2) is 3.90. The molecule has 0 amide bonds. The summed E-state index contributed by atoms with van der Waals surface area (Å²) in [6.45, 7) is 8.37. The van der Waals surface area contributed by atoms with Crippen LogP contribution in [0.25, 0.3) is 0 Å². The van der Waals surface area contributed by atoms with Gasteiger partial charge in [-0.05, 0) is 13.3 Å². The van der Waals surface area contributed by atoms with E-state index in [1.54, 1.807) is 6.92 Å². The standard InChI is InChI=1S/C8H13N3O/c1-4-6(2)5-9-8-10-7(3)11-12-8/h2,4-5H2,1,3H3,(H,9,10,11). The van der Waals surface area contributed by atoms with Crippen LogP contribution in [0.5, 0.6) is 0 Å². The van der Waals surface area contributed by atoms with Gasteiger partial charge in [-0.1, -0.05) is 24.2 Å². The van der Waals surface area contributed by atoms with Crippen molar-refractivity contribution in [1.82, 2.24) is 10.1 Å². The number of aryl methyl sites for hydroxylation is 1. The highest BCUT2D eigenvalue weighted by Crippen LogP contribution is 2.03. The van der Waals surface area contributed by atoms with Crippen molar-refractivity contribution < 1.29 is 4.52 Å². The van der Waals surface area contributed by atoms with Crippen molar-refractivity contribution in [3.8, 4) is 0 Å². The topological polar surface area (TPSA) is 51.0 Å². The van der Waals surface area contributed by atoms with Crippen molar-refractivity contribution in [3.63, 3.8) is 0 Å². The first-order valence-electron chi connectivity index (χ1n) is 3.93. The SMILES string of the molecule is C=C(CC)CNc1nc(C)no1. The molecule has 0 spiro atoms. The van der Waals surface area contributed by atoms with Crippen LogP contribution in [-0.2, 0) is 0 Å². The molecule has 4 nitrogen and oxygen atoms in total. The molecule has 0 atom stereocenters. The average Bonchev–Trinajstić information content (AvgIpc) is 2.47. The first-order valence-corrected chi connectivity index (χ1v) is 3.93. The van der Waals surface area contributed by atoms with Crippen LogP contribution in [0.1, 0.15) is 19.2 Å². The maximum atomic E-state index is 4.85. The zero-order valence-electron chi connectivity index (χ0n) is 7.42. The molecule has 0 radical (unpaired) electrons. The van der Waals surface area contributed by atoms with Crippen LogP contribution < -0.4 is 5.32 Å². The van der Waals surface area contributed by atoms with Gasteiger partial charge in [-0.2, -0.15) is 4.98 Å². The van der Waals surface area contributed by atoms with Gasteiger partial charge in [0.15, 0.2) is 5.82 Å². The van der Waals surface area contributed by atoms with Crippen LogP contribution in [0.15, 0.2) is 16.7 Å². The monoisotopic (exact) mass is 167 g/mol. The fourth-order valence-electron chi connectivity index (χ4n) is 0.694. The Morgan fingerprint density at radius 3 is 2.92 bits per heavy atom. The van der Waals surface area contributed by atoms with Crippen molar-refractivity contribution in [2.24, 2.45) is 0 Å². The molecule has 1 heterocycles. The lowest BCUT2D eigenvalue weighted by Crippen LogP contribution is -2.03. The third-order valence-electron chi connectivity index (χ3n) is 1.52. The second-order valence-electron chi connectivity index (χ2n) is 2.60. The highest BCUT2D eigenvalue weighted by molar-refractivity contribution is 5.21. The Hall–Kier alpha value is -1.32. The molecule has 0 bridgehead atoms. The van der Waals surface area contributed by atoms with E-state index < -0.39 is 0 Å². The molecular formula is C8H13N3O. The zero-order chi connectivity index (χ0) is 8.97. The number of aromatic nitrogens is 2. The average molecular weight is 167 g/mol. The summed E-state index contributed by atoms with van der Waals surface area (Å²) >= 11 is 0. The highest BCUT2D eigenvalue weighted by atomic mass is 16.5. The first kappa shape index (κ1) is 8.77. The lowest BCUT2D eigenvalue weighted by atomic mass is 10.2. The van der Waals surface area contributed by atoms with Gasteiger partial charge in [-0.25, -0.2) is 0 Å². The lowest BCUT2D eigenvalue weighted by Gasteiger charge is -2.00. The Morgan fingerprint density at radius 1 is 1.67 bits per heavy atom. The molecule has 0 aliphatic carbocycles. The largest absolute Gasteiger partial charge is 0.334 e. The summed E-state index contributed by atoms with van der Waals surface area (Å²) in [6.07, 6.45) is 0.958.